The Morgan fingerprint density at radius 1 is 0.938 bits per heavy atom. The molecule has 0 aromatic heterocycles. The average Bonchev–Trinajstić information content (AvgIpc) is 2.44. The molecule has 1 aliphatic heterocycles. The lowest BCUT2D eigenvalue weighted by Gasteiger charge is -2.26. The molecule has 0 spiro atoms. The van der Waals surface area contributed by atoms with E-state index in [1.165, 1.54) is 60.1 Å². The molecule has 0 atom stereocenters. The predicted octanol–water partition coefficient (Wildman–Crippen LogP) is 4.45. The van der Waals surface area contributed by atoms with Crippen LogP contribution in [0.2, 0.25) is 0 Å². The number of benzene rings is 1. The summed E-state index contributed by atoms with van der Waals surface area (Å²) in [6, 6.07) is 4.46. The third kappa shape index (κ3) is 2.60. The molecule has 1 aromatic rings. The summed E-state index contributed by atoms with van der Waals surface area (Å²) in [6.07, 6.45) is 5.47. The van der Waals surface area contributed by atoms with Gasteiger partial charge in [-0.2, -0.15) is 0 Å². The first-order chi connectivity index (χ1) is 7.68. The van der Waals surface area contributed by atoms with Crippen molar-refractivity contribution >= 4 is 21.6 Å². The minimum absolute atomic E-state index is 1.20. The van der Waals surface area contributed by atoms with E-state index in [2.05, 4.69) is 46.8 Å². The zero-order valence-corrected chi connectivity index (χ0v) is 11.8. The summed E-state index contributed by atoms with van der Waals surface area (Å²) in [4.78, 5) is 2.57. The number of nitrogens with zero attached hydrogens (tertiary/aromatic N) is 1. The van der Waals surface area contributed by atoms with Crippen molar-refractivity contribution in [3.8, 4) is 0 Å². The normalized spacial score (nSPS) is 17.3. The first-order valence-corrected chi connectivity index (χ1v) is 6.99. The van der Waals surface area contributed by atoms with Crippen LogP contribution in [-0.4, -0.2) is 13.1 Å². The third-order valence-corrected chi connectivity index (χ3v) is 3.84. The van der Waals surface area contributed by atoms with E-state index in [0.717, 1.165) is 0 Å². The zero-order valence-electron chi connectivity index (χ0n) is 10.2. The molecule has 0 bridgehead atoms. The standard InChI is InChI=1S/C14H20BrN/c1-11-9-13(15)10-12(2)14(11)16-7-5-3-4-6-8-16/h9-10H,3-8H2,1-2H3. The molecule has 1 heterocycles. The van der Waals surface area contributed by atoms with Gasteiger partial charge in [0.25, 0.3) is 0 Å². The maximum absolute atomic E-state index is 3.57. The van der Waals surface area contributed by atoms with Crippen LogP contribution in [0.15, 0.2) is 16.6 Å². The van der Waals surface area contributed by atoms with Gasteiger partial charge >= 0.3 is 0 Å². The van der Waals surface area contributed by atoms with E-state index < -0.39 is 0 Å². The molecule has 16 heavy (non-hydrogen) atoms. The monoisotopic (exact) mass is 281 g/mol. The van der Waals surface area contributed by atoms with Crippen LogP contribution in [0.3, 0.4) is 0 Å². The van der Waals surface area contributed by atoms with E-state index in [1.807, 2.05) is 0 Å². The number of halogens is 1. The van der Waals surface area contributed by atoms with Crippen LogP contribution in [0, 0.1) is 13.8 Å². The highest BCUT2D eigenvalue weighted by Crippen LogP contribution is 2.30. The number of rotatable bonds is 1. The van der Waals surface area contributed by atoms with E-state index in [-0.39, 0.29) is 0 Å². The Kier molecular flexibility index (Phi) is 3.91. The molecule has 1 nitrogen and oxygen atoms in total. The molecule has 2 heteroatoms. The lowest BCUT2D eigenvalue weighted by Crippen LogP contribution is -2.25. The van der Waals surface area contributed by atoms with Crippen molar-refractivity contribution in [3.63, 3.8) is 0 Å². The fourth-order valence-electron chi connectivity index (χ4n) is 2.70. The molecule has 1 aliphatic rings. The Bertz CT molecular complexity index is 342. The summed E-state index contributed by atoms with van der Waals surface area (Å²) >= 11 is 3.57. The predicted molar refractivity (Wildman–Crippen MR) is 74.3 cm³/mol. The second kappa shape index (κ2) is 5.22. The lowest BCUT2D eigenvalue weighted by atomic mass is 10.1. The molecule has 88 valence electrons. The Morgan fingerprint density at radius 3 is 1.94 bits per heavy atom. The fourth-order valence-corrected chi connectivity index (χ4v) is 3.38. The van der Waals surface area contributed by atoms with E-state index in [4.69, 9.17) is 0 Å². The highest BCUT2D eigenvalue weighted by Gasteiger charge is 2.14. The van der Waals surface area contributed by atoms with Crippen LogP contribution in [0.4, 0.5) is 5.69 Å². The summed E-state index contributed by atoms with van der Waals surface area (Å²) in [7, 11) is 0. The fraction of sp³-hybridized carbons (Fsp3) is 0.571. The van der Waals surface area contributed by atoms with Crippen molar-refractivity contribution in [2.45, 2.75) is 39.5 Å². The maximum atomic E-state index is 3.57. The van der Waals surface area contributed by atoms with Gasteiger partial charge in [-0.1, -0.05) is 28.8 Å². The maximum Gasteiger partial charge on any atom is 0.0426 e. The Balaban J connectivity index is 2.31. The minimum atomic E-state index is 1.20. The van der Waals surface area contributed by atoms with Gasteiger partial charge in [-0.3, -0.25) is 0 Å². The average molecular weight is 282 g/mol. The van der Waals surface area contributed by atoms with Crippen LogP contribution in [0.1, 0.15) is 36.8 Å². The van der Waals surface area contributed by atoms with E-state index in [9.17, 15) is 0 Å². The van der Waals surface area contributed by atoms with Crippen LogP contribution >= 0.6 is 15.9 Å². The Morgan fingerprint density at radius 2 is 1.44 bits per heavy atom. The molecule has 0 amide bonds. The van der Waals surface area contributed by atoms with Gasteiger partial charge in [0.1, 0.15) is 0 Å². The molecule has 1 saturated heterocycles. The van der Waals surface area contributed by atoms with E-state index >= 15 is 0 Å². The molecular formula is C14H20BrN. The SMILES string of the molecule is Cc1cc(Br)cc(C)c1N1CCCCCC1. The Labute approximate surface area is 107 Å². The number of hydrogen-bond acceptors (Lipinski definition) is 1. The van der Waals surface area contributed by atoms with Crippen LogP contribution in [-0.2, 0) is 0 Å². The van der Waals surface area contributed by atoms with Crippen molar-refractivity contribution < 1.29 is 0 Å². The molecule has 0 radical (unpaired) electrons. The third-order valence-electron chi connectivity index (χ3n) is 3.38. The van der Waals surface area contributed by atoms with Crippen molar-refractivity contribution in [1.82, 2.24) is 0 Å². The zero-order chi connectivity index (χ0) is 11.5. The highest BCUT2D eigenvalue weighted by molar-refractivity contribution is 9.10. The van der Waals surface area contributed by atoms with Gasteiger partial charge in [-0.05, 0) is 49.9 Å². The molecule has 0 N–H and O–H groups in total. The second-order valence-electron chi connectivity index (χ2n) is 4.79. The molecular weight excluding hydrogens is 262 g/mol. The molecule has 0 unspecified atom stereocenters. The summed E-state index contributed by atoms with van der Waals surface area (Å²) < 4.78 is 1.20. The number of anilines is 1. The molecule has 2 rings (SSSR count). The summed E-state index contributed by atoms with van der Waals surface area (Å²) in [5.74, 6) is 0. The number of aryl methyl sites for hydroxylation is 2. The van der Waals surface area contributed by atoms with Gasteiger partial charge in [-0.25, -0.2) is 0 Å². The summed E-state index contributed by atoms with van der Waals surface area (Å²) in [6.45, 7) is 6.89. The van der Waals surface area contributed by atoms with Gasteiger partial charge in [0.2, 0.25) is 0 Å². The van der Waals surface area contributed by atoms with Gasteiger partial charge < -0.3 is 4.90 Å². The summed E-state index contributed by atoms with van der Waals surface area (Å²) in [5, 5.41) is 0. The largest absolute Gasteiger partial charge is 0.371 e. The second-order valence-corrected chi connectivity index (χ2v) is 5.71. The van der Waals surface area contributed by atoms with E-state index in [0.29, 0.717) is 0 Å². The molecule has 1 fully saturated rings. The van der Waals surface area contributed by atoms with Gasteiger partial charge in [-0.15, -0.1) is 0 Å². The van der Waals surface area contributed by atoms with E-state index in [1.54, 1.807) is 0 Å². The first kappa shape index (κ1) is 12.0. The highest BCUT2D eigenvalue weighted by atomic mass is 79.9. The van der Waals surface area contributed by atoms with Crippen molar-refractivity contribution in [3.05, 3.63) is 27.7 Å². The van der Waals surface area contributed by atoms with Crippen molar-refractivity contribution in [2.75, 3.05) is 18.0 Å². The summed E-state index contributed by atoms with van der Waals surface area (Å²) in [5.41, 5.74) is 4.26. The molecule has 1 aromatic carbocycles. The van der Waals surface area contributed by atoms with Gasteiger partial charge in [0.15, 0.2) is 0 Å². The van der Waals surface area contributed by atoms with Crippen LogP contribution in [0.25, 0.3) is 0 Å². The van der Waals surface area contributed by atoms with Crippen molar-refractivity contribution in [1.29, 1.82) is 0 Å². The first-order valence-electron chi connectivity index (χ1n) is 6.20. The van der Waals surface area contributed by atoms with Gasteiger partial charge in [0.05, 0.1) is 0 Å². The van der Waals surface area contributed by atoms with Crippen LogP contribution < -0.4 is 4.90 Å². The number of hydrogen-bond donors (Lipinski definition) is 0. The smallest absolute Gasteiger partial charge is 0.0426 e. The molecule has 0 aliphatic carbocycles. The lowest BCUT2D eigenvalue weighted by molar-refractivity contribution is 0.726. The van der Waals surface area contributed by atoms with Crippen molar-refractivity contribution in [2.24, 2.45) is 0 Å². The van der Waals surface area contributed by atoms with Crippen LogP contribution in [0.5, 0.6) is 0 Å². The minimum Gasteiger partial charge on any atom is -0.371 e. The Hall–Kier alpha value is -0.500. The topological polar surface area (TPSA) is 3.24 Å². The quantitative estimate of drug-likeness (QED) is 0.735. The van der Waals surface area contributed by atoms with Gasteiger partial charge in [0, 0.05) is 23.2 Å². The molecule has 0 saturated carbocycles.